The Bertz CT molecular complexity index is 1330. The normalized spacial score (nSPS) is 17.5. The van der Waals surface area contributed by atoms with Crippen molar-refractivity contribution >= 4 is 54.2 Å². The molecule has 3 heterocycles. The van der Waals surface area contributed by atoms with Crippen molar-refractivity contribution in [3.8, 4) is 0 Å². The van der Waals surface area contributed by atoms with E-state index in [9.17, 15) is 13.2 Å². The monoisotopic (exact) mass is 562 g/mol. The Balaban J connectivity index is 1.40. The Morgan fingerprint density at radius 1 is 1.08 bits per heavy atom. The van der Waals surface area contributed by atoms with Gasteiger partial charge in [-0.3, -0.25) is 14.6 Å². The molecule has 198 valence electrons. The molecule has 0 atom stereocenters. The number of benzene rings is 2. The highest BCUT2D eigenvalue weighted by Crippen LogP contribution is 2.36. The van der Waals surface area contributed by atoms with E-state index in [-0.39, 0.29) is 10.8 Å². The first-order chi connectivity index (χ1) is 17.8. The molecule has 8 nitrogen and oxygen atoms in total. The number of ether oxygens (including phenoxy) is 1. The smallest absolute Gasteiger partial charge is 0.260 e. The third kappa shape index (κ3) is 5.69. The molecule has 0 radical (unpaired) electrons. The number of rotatable bonds is 8. The molecule has 0 spiro atoms. The molecule has 11 heteroatoms. The van der Waals surface area contributed by atoms with Crippen LogP contribution in [0.5, 0.6) is 0 Å². The first-order valence-electron chi connectivity index (χ1n) is 12.6. The quantitative estimate of drug-likeness (QED) is 0.404. The summed E-state index contributed by atoms with van der Waals surface area (Å²) in [5.74, 6) is -0.208. The predicted molar refractivity (Wildman–Crippen MR) is 147 cm³/mol. The molecule has 0 unspecified atom stereocenters. The van der Waals surface area contributed by atoms with Gasteiger partial charge in [-0.25, -0.2) is 13.4 Å². The van der Waals surface area contributed by atoms with Gasteiger partial charge in [0.1, 0.15) is 0 Å². The summed E-state index contributed by atoms with van der Waals surface area (Å²) < 4.78 is 33.7. The fourth-order valence-electron chi connectivity index (χ4n) is 4.77. The van der Waals surface area contributed by atoms with Crippen molar-refractivity contribution in [1.82, 2.24) is 14.2 Å². The van der Waals surface area contributed by atoms with Gasteiger partial charge in [-0.05, 0) is 62.1 Å². The summed E-state index contributed by atoms with van der Waals surface area (Å²) in [6.45, 7) is 7.63. The third-order valence-corrected chi connectivity index (χ3v) is 10.4. The SMILES string of the molecule is Cc1ccc(Cl)c2sc(N(CCCN3CCOCC3)C(=O)c3ccc(S(=O)(=O)N4CCCC4)cc3)nc12. The summed E-state index contributed by atoms with van der Waals surface area (Å²) in [5.41, 5.74) is 2.22. The molecule has 0 N–H and O–H groups in total. The third-order valence-electron chi connectivity index (χ3n) is 6.93. The van der Waals surface area contributed by atoms with Gasteiger partial charge < -0.3 is 4.74 Å². The van der Waals surface area contributed by atoms with Crippen molar-refractivity contribution in [2.75, 3.05) is 57.4 Å². The summed E-state index contributed by atoms with van der Waals surface area (Å²) in [7, 11) is -3.54. The zero-order chi connectivity index (χ0) is 26.0. The Kier molecular flexibility index (Phi) is 8.13. The van der Waals surface area contributed by atoms with Crippen LogP contribution in [0.2, 0.25) is 5.02 Å². The van der Waals surface area contributed by atoms with Crippen LogP contribution in [-0.2, 0) is 14.8 Å². The molecule has 2 aliphatic rings. The number of amides is 1. The fraction of sp³-hybridized carbons (Fsp3) is 0.462. The Labute approximate surface area is 226 Å². The van der Waals surface area contributed by atoms with Gasteiger partial charge in [0.15, 0.2) is 5.13 Å². The van der Waals surface area contributed by atoms with Crippen molar-refractivity contribution in [2.24, 2.45) is 0 Å². The second kappa shape index (κ2) is 11.3. The van der Waals surface area contributed by atoms with Crippen LogP contribution in [0.15, 0.2) is 41.3 Å². The Morgan fingerprint density at radius 3 is 2.46 bits per heavy atom. The lowest BCUT2D eigenvalue weighted by Gasteiger charge is -2.27. The zero-order valence-electron chi connectivity index (χ0n) is 20.9. The number of nitrogens with zero attached hydrogens (tertiary/aromatic N) is 4. The lowest BCUT2D eigenvalue weighted by atomic mass is 10.2. The number of hydrogen-bond acceptors (Lipinski definition) is 7. The number of anilines is 1. The van der Waals surface area contributed by atoms with E-state index in [1.165, 1.54) is 27.8 Å². The number of morpholine rings is 1. The van der Waals surface area contributed by atoms with E-state index in [1.807, 2.05) is 19.1 Å². The lowest BCUT2D eigenvalue weighted by Crippen LogP contribution is -2.39. The number of halogens is 1. The second-order valence-electron chi connectivity index (χ2n) is 9.44. The fourth-order valence-corrected chi connectivity index (χ4v) is 7.63. The van der Waals surface area contributed by atoms with Gasteiger partial charge in [0.2, 0.25) is 10.0 Å². The zero-order valence-corrected chi connectivity index (χ0v) is 23.2. The molecule has 0 saturated carbocycles. The van der Waals surface area contributed by atoms with E-state index in [1.54, 1.807) is 17.0 Å². The lowest BCUT2D eigenvalue weighted by molar-refractivity contribution is 0.0376. The maximum absolute atomic E-state index is 13.8. The molecule has 5 rings (SSSR count). The van der Waals surface area contributed by atoms with E-state index < -0.39 is 10.0 Å². The van der Waals surface area contributed by atoms with Crippen molar-refractivity contribution in [3.63, 3.8) is 0 Å². The molecule has 37 heavy (non-hydrogen) atoms. The molecule has 1 aromatic heterocycles. The largest absolute Gasteiger partial charge is 0.379 e. The summed E-state index contributed by atoms with van der Waals surface area (Å²) in [6.07, 6.45) is 2.53. The van der Waals surface area contributed by atoms with Gasteiger partial charge in [-0.2, -0.15) is 4.31 Å². The average Bonchev–Trinajstić information content (AvgIpc) is 3.61. The highest BCUT2D eigenvalue weighted by molar-refractivity contribution is 7.89. The highest BCUT2D eigenvalue weighted by atomic mass is 35.5. The first-order valence-corrected chi connectivity index (χ1v) is 15.3. The number of carbonyl (C=O) groups is 1. The average molecular weight is 563 g/mol. The first kappa shape index (κ1) is 26.5. The summed E-state index contributed by atoms with van der Waals surface area (Å²) in [6, 6.07) is 10.1. The van der Waals surface area contributed by atoms with E-state index in [2.05, 4.69) is 4.90 Å². The van der Waals surface area contributed by atoms with Crippen LogP contribution in [0, 0.1) is 6.92 Å². The number of sulfonamides is 1. The number of aryl methyl sites for hydroxylation is 1. The molecule has 2 saturated heterocycles. The topological polar surface area (TPSA) is 83.0 Å². The van der Waals surface area contributed by atoms with Gasteiger partial charge in [0.05, 0.1) is 33.3 Å². The molecular weight excluding hydrogens is 532 g/mol. The van der Waals surface area contributed by atoms with Crippen LogP contribution >= 0.6 is 22.9 Å². The van der Waals surface area contributed by atoms with Crippen LogP contribution < -0.4 is 4.90 Å². The van der Waals surface area contributed by atoms with Gasteiger partial charge in [-0.1, -0.05) is 29.0 Å². The van der Waals surface area contributed by atoms with Crippen molar-refractivity contribution < 1.29 is 17.9 Å². The Hall–Kier alpha value is -2.08. The number of thiazole rings is 1. The number of fused-ring (bicyclic) bond motifs is 1. The summed E-state index contributed by atoms with van der Waals surface area (Å²) in [4.78, 5) is 22.8. The molecule has 3 aromatic rings. The van der Waals surface area contributed by atoms with Gasteiger partial charge >= 0.3 is 0 Å². The molecule has 0 bridgehead atoms. The molecular formula is C26H31ClN4O4S2. The summed E-state index contributed by atoms with van der Waals surface area (Å²) in [5, 5.41) is 1.20. The molecule has 2 aliphatic heterocycles. The molecule has 0 aliphatic carbocycles. The molecule has 2 fully saturated rings. The van der Waals surface area contributed by atoms with Crippen molar-refractivity contribution in [2.45, 2.75) is 31.1 Å². The highest BCUT2D eigenvalue weighted by Gasteiger charge is 2.28. The van der Waals surface area contributed by atoms with Crippen molar-refractivity contribution in [1.29, 1.82) is 0 Å². The van der Waals surface area contributed by atoms with Crippen molar-refractivity contribution in [3.05, 3.63) is 52.5 Å². The number of hydrogen-bond donors (Lipinski definition) is 0. The number of aromatic nitrogens is 1. The van der Waals surface area contributed by atoms with E-state index in [0.717, 1.165) is 67.9 Å². The Morgan fingerprint density at radius 2 is 1.78 bits per heavy atom. The van der Waals surface area contributed by atoms with Gasteiger partial charge in [0.25, 0.3) is 5.91 Å². The van der Waals surface area contributed by atoms with E-state index in [4.69, 9.17) is 21.3 Å². The van der Waals surface area contributed by atoms with E-state index in [0.29, 0.717) is 35.4 Å². The van der Waals surface area contributed by atoms with E-state index >= 15 is 0 Å². The second-order valence-corrected chi connectivity index (χ2v) is 12.8. The van der Waals surface area contributed by atoms with Gasteiger partial charge in [-0.15, -0.1) is 0 Å². The minimum Gasteiger partial charge on any atom is -0.379 e. The predicted octanol–water partition coefficient (Wildman–Crippen LogP) is 4.41. The number of carbonyl (C=O) groups excluding carboxylic acids is 1. The maximum atomic E-state index is 13.8. The van der Waals surface area contributed by atoms with Gasteiger partial charge in [0, 0.05) is 44.8 Å². The minimum atomic E-state index is -3.54. The van der Waals surface area contributed by atoms with Crippen LogP contribution in [-0.4, -0.2) is 81.0 Å². The molecule has 1 amide bonds. The maximum Gasteiger partial charge on any atom is 0.260 e. The van der Waals surface area contributed by atoms with Crippen LogP contribution in [0.4, 0.5) is 5.13 Å². The van der Waals surface area contributed by atoms with Crippen LogP contribution in [0.3, 0.4) is 0 Å². The van der Waals surface area contributed by atoms with Crippen LogP contribution in [0.25, 0.3) is 10.2 Å². The van der Waals surface area contributed by atoms with Crippen LogP contribution in [0.1, 0.15) is 35.2 Å². The molecule has 2 aromatic carbocycles. The standard InChI is InChI=1S/C26H31ClN4O4S2/c1-19-5-10-22(27)24-23(19)28-26(36-24)31(14-4-11-29-15-17-35-18-16-29)25(32)20-6-8-21(9-7-20)37(33,34)30-12-2-3-13-30/h5-10H,2-4,11-18H2,1H3. The minimum absolute atomic E-state index is 0.208. The summed E-state index contributed by atoms with van der Waals surface area (Å²) >= 11 is 7.86.